The average Bonchev–Trinajstić information content (AvgIpc) is 3.16. The quantitative estimate of drug-likeness (QED) is 0.532. The fourth-order valence-corrected chi connectivity index (χ4v) is 5.67. The highest BCUT2D eigenvalue weighted by atomic mass is 15.4. The maximum Gasteiger partial charge on any atom is 0.132 e. The maximum atomic E-state index is 4.36. The lowest BCUT2D eigenvalue weighted by molar-refractivity contribution is 0.0149. The molecular formula is C29H49N7. The Labute approximate surface area is 219 Å². The van der Waals surface area contributed by atoms with Crippen molar-refractivity contribution in [2.75, 3.05) is 26.5 Å². The Morgan fingerprint density at radius 2 is 1.67 bits per heavy atom. The predicted octanol–water partition coefficient (Wildman–Crippen LogP) is 5.18. The molecule has 7 heteroatoms. The van der Waals surface area contributed by atoms with Gasteiger partial charge in [-0.3, -0.25) is 0 Å². The van der Waals surface area contributed by atoms with E-state index >= 15 is 0 Å². The molecule has 7 nitrogen and oxygen atoms in total. The minimum Gasteiger partial charge on any atom is -0.386 e. The molecule has 0 radical (unpaired) electrons. The SMILES string of the molecule is C=C1NC2(CC(C)N(C)C(C)C2)N2C(=C)C(NC)=CC(C)=C12.CC.CCc1ncnc(NC)c1CC. The number of hydrogen-bond acceptors (Lipinski definition) is 7. The number of piperidine rings is 1. The van der Waals surface area contributed by atoms with Crippen LogP contribution in [-0.4, -0.2) is 58.7 Å². The molecule has 1 aromatic heterocycles. The lowest BCUT2D eigenvalue weighted by Crippen LogP contribution is -2.62. The summed E-state index contributed by atoms with van der Waals surface area (Å²) in [4.78, 5) is 13.2. The second-order valence-corrected chi connectivity index (χ2v) is 9.63. The van der Waals surface area contributed by atoms with Gasteiger partial charge in [-0.1, -0.05) is 40.9 Å². The van der Waals surface area contributed by atoms with Crippen molar-refractivity contribution >= 4 is 5.82 Å². The average molecular weight is 496 g/mol. The van der Waals surface area contributed by atoms with Crippen molar-refractivity contribution in [3.05, 3.63) is 65.2 Å². The van der Waals surface area contributed by atoms with Gasteiger partial charge in [-0.2, -0.15) is 0 Å². The lowest BCUT2D eigenvalue weighted by atomic mass is 9.85. The van der Waals surface area contributed by atoms with Crippen LogP contribution in [0, 0.1) is 0 Å². The van der Waals surface area contributed by atoms with Gasteiger partial charge in [-0.15, -0.1) is 0 Å². The van der Waals surface area contributed by atoms with Crippen LogP contribution in [0.1, 0.15) is 72.6 Å². The minimum absolute atomic E-state index is 0.105. The molecule has 3 aliphatic rings. The minimum atomic E-state index is -0.105. The molecular weight excluding hydrogens is 446 g/mol. The van der Waals surface area contributed by atoms with Crippen LogP contribution in [0.3, 0.4) is 0 Å². The maximum absolute atomic E-state index is 4.36. The van der Waals surface area contributed by atoms with Crippen LogP contribution < -0.4 is 16.0 Å². The fraction of sp³-hybridized carbons (Fsp3) is 0.586. The molecule has 0 bridgehead atoms. The summed E-state index contributed by atoms with van der Waals surface area (Å²) in [6.45, 7) is 23.6. The third-order valence-corrected chi connectivity index (χ3v) is 7.52. The second-order valence-electron chi connectivity index (χ2n) is 9.63. The molecule has 200 valence electrons. The van der Waals surface area contributed by atoms with Crippen LogP contribution in [0.25, 0.3) is 0 Å². The molecule has 4 heterocycles. The van der Waals surface area contributed by atoms with Crippen molar-refractivity contribution in [3.63, 3.8) is 0 Å². The normalized spacial score (nSPS) is 25.3. The van der Waals surface area contributed by atoms with Crippen molar-refractivity contribution in [3.8, 4) is 0 Å². The summed E-state index contributed by atoms with van der Waals surface area (Å²) in [5.74, 6) is 0.962. The number of nitrogens with zero attached hydrogens (tertiary/aromatic N) is 4. The molecule has 36 heavy (non-hydrogen) atoms. The van der Waals surface area contributed by atoms with Gasteiger partial charge in [0.25, 0.3) is 0 Å². The standard InChI is InChI=1S/C18H28N4.C9H15N3.C2H6/c1-11-8-16(19-6)15(5)22-17(11)14(4)20-18(22)9-12(2)21(7)13(3)10-18;1-4-7-8(5-2)11-6-12-9(7)10-3;1-2/h8,12-13,19-20H,4-5,9-10H2,1-3,6-7H3;6H,4-5H2,1-3H3,(H,10,11,12);1-2H3. The predicted molar refractivity (Wildman–Crippen MR) is 153 cm³/mol. The van der Waals surface area contributed by atoms with E-state index in [9.17, 15) is 0 Å². The Kier molecular flexibility index (Phi) is 10.2. The zero-order chi connectivity index (χ0) is 27.2. The number of fused-ring (bicyclic) bond motifs is 2. The number of rotatable bonds is 4. The van der Waals surface area contributed by atoms with E-state index in [0.29, 0.717) is 12.1 Å². The van der Waals surface area contributed by atoms with Gasteiger partial charge in [0.05, 0.1) is 22.8 Å². The Morgan fingerprint density at radius 3 is 2.17 bits per heavy atom. The summed E-state index contributed by atoms with van der Waals surface area (Å²) in [7, 11) is 6.07. The zero-order valence-corrected chi connectivity index (χ0v) is 24.3. The number of likely N-dealkylation sites (tertiary alicyclic amines) is 1. The van der Waals surface area contributed by atoms with Crippen LogP contribution >= 0.6 is 0 Å². The number of hydrogen-bond donors (Lipinski definition) is 3. The number of likely N-dealkylation sites (N-methyl/N-ethyl adjacent to an activating group) is 1. The summed E-state index contributed by atoms with van der Waals surface area (Å²) in [5.41, 5.74) is 7.88. The zero-order valence-electron chi connectivity index (χ0n) is 24.3. The van der Waals surface area contributed by atoms with Crippen LogP contribution in [-0.2, 0) is 12.8 Å². The first-order valence-electron chi connectivity index (χ1n) is 13.4. The van der Waals surface area contributed by atoms with Gasteiger partial charge >= 0.3 is 0 Å². The lowest BCUT2D eigenvalue weighted by Gasteiger charge is -2.51. The fourth-order valence-electron chi connectivity index (χ4n) is 5.67. The molecule has 2 atom stereocenters. The number of aryl methyl sites for hydroxylation is 1. The van der Waals surface area contributed by atoms with E-state index in [0.717, 1.165) is 54.3 Å². The topological polar surface area (TPSA) is 68.3 Å². The van der Waals surface area contributed by atoms with Crippen molar-refractivity contribution in [1.29, 1.82) is 0 Å². The molecule has 3 N–H and O–H groups in total. The molecule has 0 saturated carbocycles. The highest BCUT2D eigenvalue weighted by Crippen LogP contribution is 2.47. The monoisotopic (exact) mass is 495 g/mol. The van der Waals surface area contributed by atoms with Crippen LogP contribution in [0.15, 0.2) is 53.9 Å². The van der Waals surface area contributed by atoms with Crippen molar-refractivity contribution in [2.45, 2.75) is 91.9 Å². The highest BCUT2D eigenvalue weighted by molar-refractivity contribution is 5.53. The molecule has 0 aromatic carbocycles. The van der Waals surface area contributed by atoms with E-state index in [2.05, 4.69) is 96.6 Å². The van der Waals surface area contributed by atoms with E-state index in [1.54, 1.807) is 6.33 Å². The molecule has 2 saturated heterocycles. The third kappa shape index (κ3) is 5.46. The molecule has 4 rings (SSSR count). The first-order chi connectivity index (χ1) is 17.1. The summed E-state index contributed by atoms with van der Waals surface area (Å²) in [5, 5.41) is 10.1. The van der Waals surface area contributed by atoms with Gasteiger partial charge in [0.2, 0.25) is 0 Å². The Bertz CT molecular complexity index is 973. The number of allylic oxidation sites excluding steroid dienone is 2. The van der Waals surface area contributed by atoms with Gasteiger partial charge in [-0.25, -0.2) is 9.97 Å². The van der Waals surface area contributed by atoms with Gasteiger partial charge in [0.15, 0.2) is 0 Å². The molecule has 2 unspecified atom stereocenters. The molecule has 0 aliphatic carbocycles. The van der Waals surface area contributed by atoms with Gasteiger partial charge in [0.1, 0.15) is 17.8 Å². The van der Waals surface area contributed by atoms with Crippen LogP contribution in [0.5, 0.6) is 0 Å². The molecule has 2 fully saturated rings. The molecule has 0 amide bonds. The van der Waals surface area contributed by atoms with E-state index in [1.807, 2.05) is 27.9 Å². The Hall–Kier alpha value is -2.80. The summed E-state index contributed by atoms with van der Waals surface area (Å²) < 4.78 is 0. The van der Waals surface area contributed by atoms with E-state index < -0.39 is 0 Å². The first kappa shape index (κ1) is 29.4. The third-order valence-electron chi connectivity index (χ3n) is 7.52. The second kappa shape index (κ2) is 12.4. The molecule has 1 aromatic rings. The molecule has 1 spiro atoms. The van der Waals surface area contributed by atoms with Gasteiger partial charge in [-0.05, 0) is 52.3 Å². The van der Waals surface area contributed by atoms with E-state index in [4.69, 9.17) is 0 Å². The van der Waals surface area contributed by atoms with Crippen molar-refractivity contribution in [1.82, 2.24) is 30.4 Å². The van der Waals surface area contributed by atoms with Crippen LogP contribution in [0.2, 0.25) is 0 Å². The van der Waals surface area contributed by atoms with Crippen molar-refractivity contribution < 1.29 is 0 Å². The van der Waals surface area contributed by atoms with E-state index in [-0.39, 0.29) is 5.66 Å². The van der Waals surface area contributed by atoms with Gasteiger partial charge < -0.3 is 25.8 Å². The largest absolute Gasteiger partial charge is 0.386 e. The molecule has 3 aliphatic heterocycles. The summed E-state index contributed by atoms with van der Waals surface area (Å²) >= 11 is 0. The van der Waals surface area contributed by atoms with Gasteiger partial charge in [0, 0.05) is 50.3 Å². The highest BCUT2D eigenvalue weighted by Gasteiger charge is 2.52. The van der Waals surface area contributed by atoms with Crippen LogP contribution in [0.4, 0.5) is 5.82 Å². The first-order valence-corrected chi connectivity index (χ1v) is 13.4. The number of anilines is 1. The smallest absolute Gasteiger partial charge is 0.132 e. The number of aromatic nitrogens is 2. The number of nitrogens with one attached hydrogen (secondary N) is 3. The summed E-state index contributed by atoms with van der Waals surface area (Å²) in [6.07, 6.45) is 7.85. The Morgan fingerprint density at radius 1 is 1.06 bits per heavy atom. The van der Waals surface area contributed by atoms with Crippen molar-refractivity contribution in [2.24, 2.45) is 0 Å². The Balaban J connectivity index is 0.000000277. The summed E-state index contributed by atoms with van der Waals surface area (Å²) in [6, 6.07) is 1.03. The van der Waals surface area contributed by atoms with E-state index in [1.165, 1.54) is 16.8 Å².